The molecule has 0 radical (unpaired) electrons. The molecule has 1 heterocycles. The molecule has 1 N–H and O–H groups in total. The molecule has 2 rings (SSSR count). The standard InChI is InChI=1S/C17H21NO5/c1-10-13-9-12(21-3)5-6-14(13)23-17(10)11(2)18-15(19)7-8-16(20)22-4/h5-6,9,11H,7-8H2,1-4H3,(H,18,19)/t11-/m1/s1. The van der Waals surface area contributed by atoms with Gasteiger partial charge in [0, 0.05) is 17.4 Å². The Morgan fingerprint density at radius 2 is 2.00 bits per heavy atom. The molecule has 2 aromatic rings. The fraction of sp³-hybridized carbons (Fsp3) is 0.412. The van der Waals surface area contributed by atoms with Crippen molar-refractivity contribution in [2.75, 3.05) is 14.2 Å². The van der Waals surface area contributed by atoms with Crippen molar-refractivity contribution in [1.82, 2.24) is 5.32 Å². The number of rotatable bonds is 6. The Morgan fingerprint density at radius 1 is 1.26 bits per heavy atom. The van der Waals surface area contributed by atoms with Crippen molar-refractivity contribution < 1.29 is 23.5 Å². The monoisotopic (exact) mass is 319 g/mol. The zero-order valence-electron chi connectivity index (χ0n) is 13.8. The van der Waals surface area contributed by atoms with Gasteiger partial charge in [0.25, 0.3) is 0 Å². The third-order valence-electron chi connectivity index (χ3n) is 3.73. The maximum Gasteiger partial charge on any atom is 0.306 e. The molecule has 0 bridgehead atoms. The van der Waals surface area contributed by atoms with Crippen molar-refractivity contribution in [2.45, 2.75) is 32.7 Å². The number of carbonyl (C=O) groups is 2. The fourth-order valence-corrected chi connectivity index (χ4v) is 2.46. The lowest BCUT2D eigenvalue weighted by Gasteiger charge is -2.12. The zero-order chi connectivity index (χ0) is 17.0. The average Bonchev–Trinajstić information content (AvgIpc) is 2.89. The van der Waals surface area contributed by atoms with E-state index in [2.05, 4.69) is 10.1 Å². The van der Waals surface area contributed by atoms with Crippen molar-refractivity contribution >= 4 is 22.8 Å². The third kappa shape index (κ3) is 3.83. The summed E-state index contributed by atoms with van der Waals surface area (Å²) in [6.45, 7) is 3.79. The summed E-state index contributed by atoms with van der Waals surface area (Å²) < 4.78 is 15.6. The first-order valence-corrected chi connectivity index (χ1v) is 7.39. The second-order valence-electron chi connectivity index (χ2n) is 5.32. The molecule has 1 aromatic heterocycles. The van der Waals surface area contributed by atoms with Crippen LogP contribution in [0.5, 0.6) is 5.75 Å². The fourth-order valence-electron chi connectivity index (χ4n) is 2.46. The van der Waals surface area contributed by atoms with Gasteiger partial charge in [0.05, 0.1) is 26.7 Å². The first kappa shape index (κ1) is 16.9. The molecule has 1 amide bonds. The Labute approximate surface area is 134 Å². The van der Waals surface area contributed by atoms with E-state index in [1.807, 2.05) is 32.0 Å². The molecule has 0 unspecified atom stereocenters. The van der Waals surface area contributed by atoms with Gasteiger partial charge >= 0.3 is 5.97 Å². The first-order valence-electron chi connectivity index (χ1n) is 7.39. The number of ether oxygens (including phenoxy) is 2. The molecule has 0 aliphatic carbocycles. The van der Waals surface area contributed by atoms with E-state index in [4.69, 9.17) is 9.15 Å². The van der Waals surface area contributed by atoms with E-state index in [1.165, 1.54) is 7.11 Å². The van der Waals surface area contributed by atoms with Crippen molar-refractivity contribution in [2.24, 2.45) is 0 Å². The van der Waals surface area contributed by atoms with Crippen LogP contribution in [0, 0.1) is 6.92 Å². The number of benzene rings is 1. The maximum absolute atomic E-state index is 11.9. The first-order chi connectivity index (χ1) is 11.0. The quantitative estimate of drug-likeness (QED) is 0.828. The highest BCUT2D eigenvalue weighted by Crippen LogP contribution is 2.31. The van der Waals surface area contributed by atoms with Gasteiger partial charge in [-0.2, -0.15) is 0 Å². The maximum atomic E-state index is 11.9. The van der Waals surface area contributed by atoms with Crippen LogP contribution >= 0.6 is 0 Å². The van der Waals surface area contributed by atoms with E-state index in [0.717, 1.165) is 22.3 Å². The molecule has 23 heavy (non-hydrogen) atoms. The van der Waals surface area contributed by atoms with Crippen LogP contribution in [0.1, 0.15) is 37.1 Å². The van der Waals surface area contributed by atoms with Crippen molar-refractivity contribution in [3.8, 4) is 5.75 Å². The highest BCUT2D eigenvalue weighted by Gasteiger charge is 2.19. The number of esters is 1. The van der Waals surface area contributed by atoms with Crippen LogP contribution in [0.3, 0.4) is 0 Å². The number of hydrogen-bond acceptors (Lipinski definition) is 5. The summed E-state index contributed by atoms with van der Waals surface area (Å²) in [5.74, 6) is 0.822. The molecule has 6 nitrogen and oxygen atoms in total. The molecular weight excluding hydrogens is 298 g/mol. The predicted octanol–water partition coefficient (Wildman–Crippen LogP) is 2.88. The van der Waals surface area contributed by atoms with Crippen LogP contribution < -0.4 is 10.1 Å². The number of amides is 1. The smallest absolute Gasteiger partial charge is 0.306 e. The summed E-state index contributed by atoms with van der Waals surface area (Å²) in [6.07, 6.45) is 0.148. The molecule has 124 valence electrons. The average molecular weight is 319 g/mol. The normalized spacial score (nSPS) is 12.0. The SMILES string of the molecule is COC(=O)CCC(=O)N[C@H](C)c1oc2ccc(OC)cc2c1C. The molecule has 1 atom stereocenters. The number of methoxy groups -OCH3 is 2. The lowest BCUT2D eigenvalue weighted by atomic mass is 10.1. The van der Waals surface area contributed by atoms with Crippen molar-refractivity contribution in [3.05, 3.63) is 29.5 Å². The van der Waals surface area contributed by atoms with E-state index in [0.29, 0.717) is 5.76 Å². The van der Waals surface area contributed by atoms with E-state index in [-0.39, 0.29) is 24.8 Å². The molecule has 6 heteroatoms. The van der Waals surface area contributed by atoms with E-state index in [1.54, 1.807) is 7.11 Å². The van der Waals surface area contributed by atoms with Crippen LogP contribution in [-0.4, -0.2) is 26.1 Å². The van der Waals surface area contributed by atoms with Gasteiger partial charge in [0.1, 0.15) is 17.1 Å². The topological polar surface area (TPSA) is 77.8 Å². The summed E-state index contributed by atoms with van der Waals surface area (Å²) >= 11 is 0. The Bertz CT molecular complexity index is 719. The third-order valence-corrected chi connectivity index (χ3v) is 3.73. The molecule has 0 spiro atoms. The van der Waals surface area contributed by atoms with Crippen LogP contribution in [0.2, 0.25) is 0 Å². The van der Waals surface area contributed by atoms with Crippen LogP contribution in [-0.2, 0) is 14.3 Å². The Morgan fingerprint density at radius 3 is 2.65 bits per heavy atom. The minimum absolute atomic E-state index is 0.0609. The zero-order valence-corrected chi connectivity index (χ0v) is 13.8. The molecule has 0 saturated carbocycles. The predicted molar refractivity (Wildman–Crippen MR) is 85.3 cm³/mol. The van der Waals surface area contributed by atoms with E-state index in [9.17, 15) is 9.59 Å². The van der Waals surface area contributed by atoms with Crippen LogP contribution in [0.4, 0.5) is 0 Å². The number of carbonyl (C=O) groups excluding carboxylic acids is 2. The van der Waals surface area contributed by atoms with Crippen LogP contribution in [0.25, 0.3) is 11.0 Å². The lowest BCUT2D eigenvalue weighted by Crippen LogP contribution is -2.27. The lowest BCUT2D eigenvalue weighted by molar-refractivity contribution is -0.142. The van der Waals surface area contributed by atoms with Gasteiger partial charge in [0.15, 0.2) is 0 Å². The summed E-state index contributed by atoms with van der Waals surface area (Å²) in [5.41, 5.74) is 1.70. The van der Waals surface area contributed by atoms with Crippen LogP contribution in [0.15, 0.2) is 22.6 Å². The highest BCUT2D eigenvalue weighted by atomic mass is 16.5. The molecular formula is C17H21NO5. The van der Waals surface area contributed by atoms with Crippen molar-refractivity contribution in [1.29, 1.82) is 0 Å². The van der Waals surface area contributed by atoms with E-state index >= 15 is 0 Å². The van der Waals surface area contributed by atoms with Gasteiger partial charge < -0.3 is 19.2 Å². The minimum Gasteiger partial charge on any atom is -0.497 e. The molecule has 0 aliphatic heterocycles. The number of furan rings is 1. The van der Waals surface area contributed by atoms with Gasteiger partial charge in [0.2, 0.25) is 5.91 Å². The molecule has 0 aliphatic rings. The summed E-state index contributed by atoms with van der Waals surface area (Å²) in [7, 11) is 2.91. The Kier molecular flexibility index (Phi) is 5.26. The second kappa shape index (κ2) is 7.17. The van der Waals surface area contributed by atoms with Gasteiger partial charge in [-0.25, -0.2) is 0 Å². The second-order valence-corrected chi connectivity index (χ2v) is 5.32. The molecule has 1 aromatic carbocycles. The van der Waals surface area contributed by atoms with Gasteiger partial charge in [-0.05, 0) is 32.0 Å². The Balaban J connectivity index is 2.11. The number of hydrogen-bond donors (Lipinski definition) is 1. The van der Waals surface area contributed by atoms with E-state index < -0.39 is 5.97 Å². The van der Waals surface area contributed by atoms with Gasteiger partial charge in [-0.3, -0.25) is 9.59 Å². The van der Waals surface area contributed by atoms with Crippen molar-refractivity contribution in [3.63, 3.8) is 0 Å². The molecule has 0 saturated heterocycles. The van der Waals surface area contributed by atoms with Gasteiger partial charge in [-0.1, -0.05) is 0 Å². The summed E-state index contributed by atoms with van der Waals surface area (Å²) in [6, 6.07) is 5.28. The highest BCUT2D eigenvalue weighted by molar-refractivity contribution is 5.84. The molecule has 0 fully saturated rings. The largest absolute Gasteiger partial charge is 0.497 e. The Hall–Kier alpha value is -2.50. The summed E-state index contributed by atoms with van der Waals surface area (Å²) in [5, 5.41) is 3.79. The van der Waals surface area contributed by atoms with Gasteiger partial charge in [-0.15, -0.1) is 0 Å². The minimum atomic E-state index is -0.403. The summed E-state index contributed by atoms with van der Waals surface area (Å²) in [4.78, 5) is 23.0. The number of fused-ring (bicyclic) bond motifs is 1. The number of nitrogens with one attached hydrogen (secondary N) is 1. The number of aryl methyl sites for hydroxylation is 1.